The van der Waals surface area contributed by atoms with Gasteiger partial charge in [-0.3, -0.25) is 14.5 Å². The average Bonchev–Trinajstić information content (AvgIpc) is 2.76. The zero-order valence-corrected chi connectivity index (χ0v) is 17.6. The molecule has 0 saturated heterocycles. The number of fused-ring (bicyclic) bond motifs is 1. The maximum Gasteiger partial charge on any atom is 0.242 e. The second kappa shape index (κ2) is 8.82. The first-order valence-electron chi connectivity index (χ1n) is 9.79. The number of para-hydroxylation sites is 1. The van der Waals surface area contributed by atoms with Crippen LogP contribution in [-0.2, 0) is 16.0 Å². The first-order valence-corrected chi connectivity index (χ1v) is 10.6. The van der Waals surface area contributed by atoms with E-state index < -0.39 is 6.04 Å². The topological polar surface area (TPSA) is 49.4 Å². The van der Waals surface area contributed by atoms with E-state index in [1.807, 2.05) is 49.4 Å². The molecule has 2 amide bonds. The highest BCUT2D eigenvalue weighted by Crippen LogP contribution is 2.44. The standard InChI is InChI=1S/C23H28N2O2S/c1-17(22(27)24-15-9-12-18-10-5-4-6-11-18)25-19-13-7-8-14-20(19)28-23(2,3)16-21(25)26/h4-8,10-11,13-14,17H,9,12,15-16H2,1-3H3,(H,24,27). The van der Waals surface area contributed by atoms with Crippen LogP contribution in [0.15, 0.2) is 59.5 Å². The molecule has 0 fully saturated rings. The normalized spacial score (nSPS) is 16.8. The first-order chi connectivity index (χ1) is 13.4. The lowest BCUT2D eigenvalue weighted by Crippen LogP contribution is -2.49. The molecule has 1 aliphatic heterocycles. The number of nitrogens with one attached hydrogen (secondary N) is 1. The van der Waals surface area contributed by atoms with Crippen LogP contribution >= 0.6 is 11.8 Å². The molecular weight excluding hydrogens is 368 g/mol. The number of aryl methyl sites for hydroxylation is 1. The van der Waals surface area contributed by atoms with Crippen molar-refractivity contribution in [1.29, 1.82) is 0 Å². The number of thioether (sulfide) groups is 1. The molecule has 0 aliphatic carbocycles. The smallest absolute Gasteiger partial charge is 0.242 e. The van der Waals surface area contributed by atoms with E-state index in [0.29, 0.717) is 13.0 Å². The van der Waals surface area contributed by atoms with Gasteiger partial charge >= 0.3 is 0 Å². The van der Waals surface area contributed by atoms with E-state index in [2.05, 4.69) is 31.3 Å². The molecule has 0 bridgehead atoms. The lowest BCUT2D eigenvalue weighted by molar-refractivity contribution is -0.126. The Balaban J connectivity index is 1.65. The first kappa shape index (κ1) is 20.5. The van der Waals surface area contributed by atoms with Crippen molar-refractivity contribution < 1.29 is 9.59 Å². The summed E-state index contributed by atoms with van der Waals surface area (Å²) < 4.78 is -0.201. The minimum absolute atomic E-state index is 0.00520. The maximum atomic E-state index is 13.0. The third-order valence-corrected chi connectivity index (χ3v) is 6.17. The van der Waals surface area contributed by atoms with Gasteiger partial charge in [-0.2, -0.15) is 0 Å². The lowest BCUT2D eigenvalue weighted by atomic mass is 10.1. The summed E-state index contributed by atoms with van der Waals surface area (Å²) in [6.07, 6.45) is 2.19. The summed E-state index contributed by atoms with van der Waals surface area (Å²) in [7, 11) is 0. The Morgan fingerprint density at radius 3 is 2.57 bits per heavy atom. The highest BCUT2D eigenvalue weighted by atomic mass is 32.2. The summed E-state index contributed by atoms with van der Waals surface area (Å²) in [6, 6.07) is 17.6. The van der Waals surface area contributed by atoms with Crippen LogP contribution in [0.4, 0.5) is 5.69 Å². The number of hydrogen-bond donors (Lipinski definition) is 1. The molecule has 0 spiro atoms. The Morgan fingerprint density at radius 1 is 1.14 bits per heavy atom. The number of nitrogens with zero attached hydrogens (tertiary/aromatic N) is 1. The lowest BCUT2D eigenvalue weighted by Gasteiger charge is -2.28. The van der Waals surface area contributed by atoms with Crippen molar-refractivity contribution in [2.45, 2.75) is 55.7 Å². The predicted molar refractivity (Wildman–Crippen MR) is 116 cm³/mol. The summed E-state index contributed by atoms with van der Waals surface area (Å²) in [6.45, 7) is 6.56. The van der Waals surface area contributed by atoms with Gasteiger partial charge in [-0.05, 0) is 51.3 Å². The fourth-order valence-corrected chi connectivity index (χ4v) is 4.71. The maximum absolute atomic E-state index is 13.0. The van der Waals surface area contributed by atoms with Crippen LogP contribution in [0.1, 0.15) is 39.2 Å². The van der Waals surface area contributed by atoms with Gasteiger partial charge in [-0.15, -0.1) is 11.8 Å². The Labute approximate surface area is 171 Å². The van der Waals surface area contributed by atoms with Gasteiger partial charge in [0, 0.05) is 22.6 Å². The molecule has 2 aromatic rings. The molecule has 1 aliphatic rings. The van der Waals surface area contributed by atoms with Crippen molar-refractivity contribution in [3.63, 3.8) is 0 Å². The van der Waals surface area contributed by atoms with E-state index in [1.165, 1.54) is 5.56 Å². The van der Waals surface area contributed by atoms with E-state index in [4.69, 9.17) is 0 Å². The van der Waals surface area contributed by atoms with Crippen LogP contribution in [0.25, 0.3) is 0 Å². The molecule has 4 nitrogen and oxygen atoms in total. The largest absolute Gasteiger partial charge is 0.354 e. The zero-order valence-electron chi connectivity index (χ0n) is 16.8. The minimum atomic E-state index is -0.542. The molecule has 1 N–H and O–H groups in total. The summed E-state index contributed by atoms with van der Waals surface area (Å²) in [4.78, 5) is 28.5. The Hall–Kier alpha value is -2.27. The molecule has 0 saturated carbocycles. The van der Waals surface area contributed by atoms with Crippen molar-refractivity contribution >= 4 is 29.3 Å². The molecule has 5 heteroatoms. The molecule has 0 aromatic heterocycles. The van der Waals surface area contributed by atoms with Gasteiger partial charge < -0.3 is 5.32 Å². The molecule has 28 heavy (non-hydrogen) atoms. The van der Waals surface area contributed by atoms with Crippen LogP contribution in [0.3, 0.4) is 0 Å². The fraction of sp³-hybridized carbons (Fsp3) is 0.391. The summed E-state index contributed by atoms with van der Waals surface area (Å²) >= 11 is 1.70. The average molecular weight is 397 g/mol. The van der Waals surface area contributed by atoms with Crippen molar-refractivity contribution in [2.24, 2.45) is 0 Å². The summed E-state index contributed by atoms with van der Waals surface area (Å²) in [5.74, 6) is -0.115. The number of rotatable bonds is 6. The number of carbonyl (C=O) groups excluding carboxylic acids is 2. The molecule has 1 heterocycles. The van der Waals surface area contributed by atoms with Crippen LogP contribution in [-0.4, -0.2) is 29.1 Å². The van der Waals surface area contributed by atoms with Crippen molar-refractivity contribution in [1.82, 2.24) is 5.32 Å². The Morgan fingerprint density at radius 2 is 1.82 bits per heavy atom. The molecular formula is C23H28N2O2S. The van der Waals surface area contributed by atoms with Crippen LogP contribution < -0.4 is 10.2 Å². The van der Waals surface area contributed by atoms with Crippen molar-refractivity contribution in [3.05, 3.63) is 60.2 Å². The highest BCUT2D eigenvalue weighted by molar-refractivity contribution is 8.00. The number of carbonyl (C=O) groups is 2. The van der Waals surface area contributed by atoms with Gasteiger partial charge in [0.15, 0.2) is 0 Å². The van der Waals surface area contributed by atoms with Crippen LogP contribution in [0, 0.1) is 0 Å². The molecule has 3 rings (SSSR count). The minimum Gasteiger partial charge on any atom is -0.354 e. The van der Waals surface area contributed by atoms with Gasteiger partial charge in [0.2, 0.25) is 11.8 Å². The van der Waals surface area contributed by atoms with Crippen molar-refractivity contribution in [3.8, 4) is 0 Å². The van der Waals surface area contributed by atoms with E-state index in [0.717, 1.165) is 23.4 Å². The zero-order chi connectivity index (χ0) is 20.1. The molecule has 2 aromatic carbocycles. The van der Waals surface area contributed by atoms with Gasteiger partial charge in [0.25, 0.3) is 0 Å². The quantitative estimate of drug-likeness (QED) is 0.735. The van der Waals surface area contributed by atoms with E-state index in [9.17, 15) is 9.59 Å². The van der Waals surface area contributed by atoms with Gasteiger partial charge in [0.1, 0.15) is 6.04 Å². The van der Waals surface area contributed by atoms with Gasteiger partial charge in [-0.1, -0.05) is 42.5 Å². The van der Waals surface area contributed by atoms with Crippen LogP contribution in [0.5, 0.6) is 0 Å². The van der Waals surface area contributed by atoms with Gasteiger partial charge in [0.05, 0.1) is 5.69 Å². The Kier molecular flexibility index (Phi) is 6.45. The highest BCUT2D eigenvalue weighted by Gasteiger charge is 2.36. The van der Waals surface area contributed by atoms with Crippen LogP contribution in [0.2, 0.25) is 0 Å². The third-order valence-electron chi connectivity index (χ3n) is 4.91. The number of benzene rings is 2. The SMILES string of the molecule is CC(C(=O)NCCCc1ccccc1)N1C(=O)CC(C)(C)Sc2ccccc21. The van der Waals surface area contributed by atoms with Crippen molar-refractivity contribution in [2.75, 3.05) is 11.4 Å². The number of hydrogen-bond acceptors (Lipinski definition) is 3. The van der Waals surface area contributed by atoms with E-state index in [-0.39, 0.29) is 16.6 Å². The molecule has 148 valence electrons. The second-order valence-electron chi connectivity index (χ2n) is 7.83. The fourth-order valence-electron chi connectivity index (χ4n) is 3.50. The predicted octanol–water partition coefficient (Wildman–Crippen LogP) is 4.43. The summed E-state index contributed by atoms with van der Waals surface area (Å²) in [5.41, 5.74) is 2.09. The second-order valence-corrected chi connectivity index (χ2v) is 9.58. The molecule has 1 atom stereocenters. The summed E-state index contributed by atoms with van der Waals surface area (Å²) in [5, 5.41) is 3.00. The monoisotopic (exact) mass is 396 g/mol. The van der Waals surface area contributed by atoms with E-state index >= 15 is 0 Å². The Bertz CT molecular complexity index is 836. The third kappa shape index (κ3) is 4.96. The number of anilines is 1. The molecule has 1 unspecified atom stereocenters. The van der Waals surface area contributed by atoms with E-state index in [1.54, 1.807) is 16.7 Å². The number of amides is 2. The molecule has 0 radical (unpaired) electrons. The van der Waals surface area contributed by atoms with Gasteiger partial charge in [-0.25, -0.2) is 0 Å².